The van der Waals surface area contributed by atoms with Crippen LogP contribution < -0.4 is 5.32 Å². The molecule has 7 nitrogen and oxygen atoms in total. The fourth-order valence-corrected chi connectivity index (χ4v) is 5.07. The minimum absolute atomic E-state index is 0.0308. The van der Waals surface area contributed by atoms with Crippen LogP contribution in [-0.4, -0.2) is 38.2 Å². The molecule has 0 bridgehead atoms. The van der Waals surface area contributed by atoms with Crippen LogP contribution in [0.3, 0.4) is 0 Å². The first-order valence-corrected chi connectivity index (χ1v) is 12.8. The van der Waals surface area contributed by atoms with Crippen LogP contribution in [0.15, 0.2) is 48.0 Å². The number of rotatable bonds is 5. The van der Waals surface area contributed by atoms with Crippen LogP contribution in [0, 0.1) is 20.8 Å². The van der Waals surface area contributed by atoms with Gasteiger partial charge in [0, 0.05) is 48.0 Å². The van der Waals surface area contributed by atoms with Gasteiger partial charge in [-0.1, -0.05) is 6.07 Å². The zero-order chi connectivity index (χ0) is 25.2. The Hall–Kier alpha value is -3.91. The highest BCUT2D eigenvalue weighted by molar-refractivity contribution is 7.10. The lowest BCUT2D eigenvalue weighted by Gasteiger charge is -2.30. The fraction of sp³-hybridized carbons (Fsp3) is 0.250. The highest BCUT2D eigenvalue weighted by atomic mass is 32.1. The number of benzene rings is 1. The van der Waals surface area contributed by atoms with E-state index in [2.05, 4.69) is 20.3 Å². The van der Waals surface area contributed by atoms with Crippen molar-refractivity contribution in [1.82, 2.24) is 25.2 Å². The molecule has 36 heavy (non-hydrogen) atoms. The van der Waals surface area contributed by atoms with Crippen LogP contribution in [0.1, 0.15) is 49.0 Å². The Bertz CT molecular complexity index is 1490. The van der Waals surface area contributed by atoms with Crippen molar-refractivity contribution < 1.29 is 9.59 Å². The summed E-state index contributed by atoms with van der Waals surface area (Å²) in [6, 6.07) is 9.43. The van der Waals surface area contributed by atoms with Crippen molar-refractivity contribution in [1.29, 1.82) is 0 Å². The van der Waals surface area contributed by atoms with Gasteiger partial charge in [0.15, 0.2) is 0 Å². The number of pyridine rings is 1. The second-order valence-electron chi connectivity index (χ2n) is 8.97. The average Bonchev–Trinajstić information content (AvgIpc) is 3.40. The number of carbonyl (C=O) groups is 2. The van der Waals surface area contributed by atoms with Gasteiger partial charge in [-0.2, -0.15) is 0 Å². The van der Waals surface area contributed by atoms with E-state index in [9.17, 15) is 9.59 Å². The number of nitrogens with zero attached hydrogens (tertiary/aromatic N) is 4. The first-order valence-electron chi connectivity index (χ1n) is 11.9. The third-order valence-electron chi connectivity index (χ3n) is 6.59. The molecule has 1 aliphatic heterocycles. The van der Waals surface area contributed by atoms with Gasteiger partial charge in [-0.15, -0.1) is 11.3 Å². The third-order valence-corrected chi connectivity index (χ3v) is 7.42. The largest absolute Gasteiger partial charge is 0.348 e. The molecule has 4 heterocycles. The van der Waals surface area contributed by atoms with E-state index >= 15 is 0 Å². The number of hydrogen-bond acceptors (Lipinski definition) is 6. The summed E-state index contributed by atoms with van der Waals surface area (Å²) in [5.74, 6) is -0.172. The van der Waals surface area contributed by atoms with E-state index in [1.807, 2.05) is 73.7 Å². The molecule has 0 fully saturated rings. The molecule has 0 spiro atoms. The normalized spacial score (nSPS) is 13.2. The molecule has 2 amide bonds. The quantitative estimate of drug-likeness (QED) is 0.409. The SMILES string of the molecule is Cc1nc2ccc(C(=O)N3CCc4c(cnc(C)c4CNC(=O)/C=C/c4cccs4)C3)cc2nc1C. The molecule has 0 unspecified atom stereocenters. The number of aromatic nitrogens is 3. The lowest BCUT2D eigenvalue weighted by molar-refractivity contribution is -0.116. The molecule has 0 aliphatic carbocycles. The Morgan fingerprint density at radius 2 is 1.89 bits per heavy atom. The predicted octanol–water partition coefficient (Wildman–Crippen LogP) is 4.54. The summed E-state index contributed by atoms with van der Waals surface area (Å²) in [6.45, 7) is 7.31. The molecule has 0 saturated carbocycles. The maximum atomic E-state index is 13.3. The van der Waals surface area contributed by atoms with E-state index in [0.717, 1.165) is 44.1 Å². The first-order chi connectivity index (χ1) is 17.4. The predicted molar refractivity (Wildman–Crippen MR) is 142 cm³/mol. The molecule has 8 heteroatoms. The van der Waals surface area contributed by atoms with Gasteiger partial charge in [-0.05, 0) is 79.6 Å². The average molecular weight is 498 g/mol. The van der Waals surface area contributed by atoms with Crippen molar-refractivity contribution >= 4 is 40.3 Å². The van der Waals surface area contributed by atoms with Crippen LogP contribution in [-0.2, 0) is 24.3 Å². The van der Waals surface area contributed by atoms with Crippen LogP contribution in [0.4, 0.5) is 0 Å². The van der Waals surface area contributed by atoms with Gasteiger partial charge in [0.2, 0.25) is 5.91 Å². The summed E-state index contributed by atoms with van der Waals surface area (Å²) in [7, 11) is 0. The van der Waals surface area contributed by atoms with Gasteiger partial charge in [-0.25, -0.2) is 9.97 Å². The number of amides is 2. The topological polar surface area (TPSA) is 88.1 Å². The minimum Gasteiger partial charge on any atom is -0.348 e. The highest BCUT2D eigenvalue weighted by Crippen LogP contribution is 2.26. The second-order valence-corrected chi connectivity index (χ2v) is 9.95. The maximum Gasteiger partial charge on any atom is 0.254 e. The Labute approximate surface area is 213 Å². The van der Waals surface area contributed by atoms with Crippen molar-refractivity contribution in [3.05, 3.63) is 92.2 Å². The number of thiophene rings is 1. The molecule has 182 valence electrons. The Kier molecular flexibility index (Phi) is 6.61. The number of hydrogen-bond donors (Lipinski definition) is 1. The van der Waals surface area contributed by atoms with E-state index in [1.54, 1.807) is 17.4 Å². The Morgan fingerprint density at radius 1 is 1.08 bits per heavy atom. The molecule has 4 aromatic rings. The van der Waals surface area contributed by atoms with Crippen molar-refractivity contribution in [3.63, 3.8) is 0 Å². The maximum absolute atomic E-state index is 13.3. The summed E-state index contributed by atoms with van der Waals surface area (Å²) in [5, 5.41) is 4.96. The van der Waals surface area contributed by atoms with Crippen LogP contribution in [0.5, 0.6) is 0 Å². The van der Waals surface area contributed by atoms with Gasteiger partial charge >= 0.3 is 0 Å². The van der Waals surface area contributed by atoms with Gasteiger partial charge in [0.25, 0.3) is 5.91 Å². The Balaban J connectivity index is 1.30. The molecule has 1 aromatic carbocycles. The minimum atomic E-state index is -0.141. The highest BCUT2D eigenvalue weighted by Gasteiger charge is 2.25. The molecule has 1 aliphatic rings. The molecular weight excluding hydrogens is 470 g/mol. The zero-order valence-electron chi connectivity index (χ0n) is 20.5. The zero-order valence-corrected chi connectivity index (χ0v) is 21.4. The number of aryl methyl sites for hydroxylation is 3. The van der Waals surface area contributed by atoms with E-state index in [0.29, 0.717) is 31.6 Å². The second kappa shape index (κ2) is 9.99. The van der Waals surface area contributed by atoms with Crippen molar-refractivity contribution in [2.75, 3.05) is 6.54 Å². The number of fused-ring (bicyclic) bond motifs is 2. The third kappa shape index (κ3) is 4.90. The van der Waals surface area contributed by atoms with Gasteiger partial charge in [0.05, 0.1) is 22.4 Å². The Morgan fingerprint density at radius 3 is 2.67 bits per heavy atom. The van der Waals surface area contributed by atoms with Crippen molar-refractivity contribution in [3.8, 4) is 0 Å². The molecule has 0 radical (unpaired) electrons. The van der Waals surface area contributed by atoms with Gasteiger partial charge in [0.1, 0.15) is 0 Å². The summed E-state index contributed by atoms with van der Waals surface area (Å²) in [6.07, 6.45) is 5.94. The lowest BCUT2D eigenvalue weighted by Crippen LogP contribution is -2.37. The summed E-state index contributed by atoms with van der Waals surface area (Å²) >= 11 is 1.59. The number of nitrogens with one attached hydrogen (secondary N) is 1. The number of carbonyl (C=O) groups excluding carboxylic acids is 2. The van der Waals surface area contributed by atoms with E-state index in [1.165, 1.54) is 5.56 Å². The van der Waals surface area contributed by atoms with Gasteiger partial charge < -0.3 is 10.2 Å². The van der Waals surface area contributed by atoms with Crippen LogP contribution in [0.25, 0.3) is 17.1 Å². The lowest BCUT2D eigenvalue weighted by atomic mass is 9.94. The molecule has 0 saturated heterocycles. The van der Waals surface area contributed by atoms with Gasteiger partial charge in [-0.3, -0.25) is 14.6 Å². The summed E-state index contributed by atoms with van der Waals surface area (Å²) in [4.78, 5) is 42.3. The standard InChI is InChI=1S/C28H27N5O2S/c1-17-18(2)32-26-13-20(6-8-25(26)31-17)28(35)33-11-10-23-21(16-33)14-29-19(3)24(23)15-30-27(34)9-7-22-5-4-12-36-22/h4-9,12-14H,10-11,15-16H2,1-3H3,(H,30,34)/b9-7+. The molecule has 1 N–H and O–H groups in total. The van der Waals surface area contributed by atoms with Crippen LogP contribution >= 0.6 is 11.3 Å². The van der Waals surface area contributed by atoms with Crippen molar-refractivity contribution in [2.24, 2.45) is 0 Å². The summed E-state index contributed by atoms with van der Waals surface area (Å²) in [5.41, 5.74) is 7.99. The summed E-state index contributed by atoms with van der Waals surface area (Å²) < 4.78 is 0. The van der Waals surface area contributed by atoms with E-state index < -0.39 is 0 Å². The molecule has 0 atom stereocenters. The molecular formula is C28H27N5O2S. The van der Waals surface area contributed by atoms with E-state index in [-0.39, 0.29) is 11.8 Å². The fourth-order valence-electron chi connectivity index (χ4n) is 4.45. The molecule has 3 aromatic heterocycles. The smallest absolute Gasteiger partial charge is 0.254 e. The molecule has 5 rings (SSSR count). The van der Waals surface area contributed by atoms with Crippen molar-refractivity contribution in [2.45, 2.75) is 40.3 Å². The van der Waals surface area contributed by atoms with Crippen LogP contribution in [0.2, 0.25) is 0 Å². The monoisotopic (exact) mass is 497 g/mol. The van der Waals surface area contributed by atoms with E-state index in [4.69, 9.17) is 0 Å². The first kappa shape index (κ1) is 23.8.